The zero-order valence-corrected chi connectivity index (χ0v) is 31.9. The Kier molecular flexibility index (Phi) is 7.55. The fraction of sp³-hybridized carbons (Fsp3) is 0.0545. The van der Waals surface area contributed by atoms with Gasteiger partial charge in [0.15, 0.2) is 0 Å². The third-order valence-corrected chi connectivity index (χ3v) is 12.1. The second-order valence-electron chi connectivity index (χ2n) is 15.8. The van der Waals surface area contributed by atoms with Gasteiger partial charge in [-0.25, -0.2) is 0 Å². The summed E-state index contributed by atoms with van der Waals surface area (Å²) in [6, 6.07) is 72.6. The average Bonchev–Trinajstić information content (AvgIpc) is 3.76. The Morgan fingerprint density at radius 1 is 0.368 bits per heavy atom. The van der Waals surface area contributed by atoms with Crippen LogP contribution in [0.15, 0.2) is 205 Å². The van der Waals surface area contributed by atoms with Gasteiger partial charge in [-0.15, -0.1) is 0 Å². The predicted octanol–water partition coefficient (Wildman–Crippen LogP) is 15.5. The normalized spacial score (nSPS) is 12.9. The van der Waals surface area contributed by atoms with E-state index in [9.17, 15) is 0 Å². The minimum atomic E-state index is -0.189. The number of nitrogens with zero attached hydrogens (tertiary/aromatic N) is 1. The molecule has 1 aliphatic carbocycles. The van der Waals surface area contributed by atoms with Crippen molar-refractivity contribution in [2.45, 2.75) is 19.3 Å². The lowest BCUT2D eigenvalue weighted by Crippen LogP contribution is -2.16. The molecule has 0 saturated carbocycles. The fourth-order valence-corrected chi connectivity index (χ4v) is 9.06. The molecule has 0 fully saturated rings. The molecule has 11 rings (SSSR count). The van der Waals surface area contributed by atoms with Crippen LogP contribution in [0.1, 0.15) is 25.0 Å². The van der Waals surface area contributed by atoms with Gasteiger partial charge in [-0.1, -0.05) is 159 Å². The van der Waals surface area contributed by atoms with Crippen molar-refractivity contribution in [2.75, 3.05) is 4.90 Å². The quantitative estimate of drug-likeness (QED) is 0.169. The molecule has 1 aromatic heterocycles. The van der Waals surface area contributed by atoms with E-state index in [-0.39, 0.29) is 5.41 Å². The van der Waals surface area contributed by atoms with Crippen LogP contribution in [0.5, 0.6) is 0 Å². The molecule has 0 bridgehead atoms. The summed E-state index contributed by atoms with van der Waals surface area (Å²) in [5.74, 6) is 0. The largest absolute Gasteiger partial charge is 0.455 e. The molecule has 1 aliphatic rings. The Balaban J connectivity index is 1.000. The first-order valence-electron chi connectivity index (χ1n) is 19.7. The van der Waals surface area contributed by atoms with E-state index in [1.54, 1.807) is 0 Å². The van der Waals surface area contributed by atoms with E-state index in [0.717, 1.165) is 50.1 Å². The number of anilines is 3. The Hall–Kier alpha value is -7.16. The van der Waals surface area contributed by atoms with Gasteiger partial charge in [-0.3, -0.25) is 0 Å². The molecule has 10 aromatic rings. The topological polar surface area (TPSA) is 16.4 Å². The first-order valence-corrected chi connectivity index (χ1v) is 19.7. The van der Waals surface area contributed by atoms with Crippen LogP contribution in [-0.4, -0.2) is 0 Å². The molecule has 2 heteroatoms. The SMILES string of the molecule is CC1(C)c2cc(-c3ccc4ccccc4c3)ccc2-c2ccc(N(c3ccc(-c4ccccc4)cc3)c3ccc(-c4cccc5c4oc4ccccc45)cc3)cc21. The van der Waals surface area contributed by atoms with Gasteiger partial charge in [0, 0.05) is 38.8 Å². The van der Waals surface area contributed by atoms with Crippen molar-refractivity contribution in [3.8, 4) is 44.5 Å². The zero-order chi connectivity index (χ0) is 38.1. The van der Waals surface area contributed by atoms with E-state index in [1.807, 2.05) is 12.1 Å². The summed E-state index contributed by atoms with van der Waals surface area (Å²) in [5, 5.41) is 4.81. The summed E-state index contributed by atoms with van der Waals surface area (Å²) >= 11 is 0. The molecule has 0 atom stereocenters. The van der Waals surface area contributed by atoms with Crippen molar-refractivity contribution < 1.29 is 4.42 Å². The number of rotatable bonds is 6. The van der Waals surface area contributed by atoms with Gasteiger partial charge in [-0.2, -0.15) is 0 Å². The number of hydrogen-bond acceptors (Lipinski definition) is 2. The summed E-state index contributed by atoms with van der Waals surface area (Å²) in [5.41, 5.74) is 17.4. The highest BCUT2D eigenvalue weighted by Crippen LogP contribution is 2.52. The Morgan fingerprint density at radius 3 is 1.72 bits per heavy atom. The Labute approximate surface area is 332 Å². The third kappa shape index (κ3) is 5.48. The monoisotopic (exact) mass is 729 g/mol. The Bertz CT molecular complexity index is 3130. The van der Waals surface area contributed by atoms with Crippen LogP contribution in [0.2, 0.25) is 0 Å². The highest BCUT2D eigenvalue weighted by atomic mass is 16.3. The van der Waals surface area contributed by atoms with Gasteiger partial charge >= 0.3 is 0 Å². The number of fused-ring (bicyclic) bond motifs is 7. The van der Waals surface area contributed by atoms with Crippen molar-refractivity contribution in [1.29, 1.82) is 0 Å². The molecule has 9 aromatic carbocycles. The first kappa shape index (κ1) is 33.2. The molecule has 0 N–H and O–H groups in total. The van der Waals surface area contributed by atoms with Crippen LogP contribution < -0.4 is 4.90 Å². The lowest BCUT2D eigenvalue weighted by atomic mass is 9.81. The van der Waals surface area contributed by atoms with Crippen LogP contribution in [0, 0.1) is 0 Å². The maximum atomic E-state index is 6.43. The van der Waals surface area contributed by atoms with Crippen LogP contribution in [0.4, 0.5) is 17.1 Å². The van der Waals surface area contributed by atoms with E-state index in [1.165, 1.54) is 55.3 Å². The van der Waals surface area contributed by atoms with Gasteiger partial charge in [0.05, 0.1) is 0 Å². The van der Waals surface area contributed by atoms with E-state index < -0.39 is 0 Å². The summed E-state index contributed by atoms with van der Waals surface area (Å²) < 4.78 is 6.43. The molecule has 0 radical (unpaired) electrons. The molecule has 0 unspecified atom stereocenters. The van der Waals surface area contributed by atoms with Gasteiger partial charge in [0.2, 0.25) is 0 Å². The maximum Gasteiger partial charge on any atom is 0.143 e. The minimum absolute atomic E-state index is 0.189. The van der Waals surface area contributed by atoms with Crippen molar-refractivity contribution >= 4 is 49.8 Å². The maximum absolute atomic E-state index is 6.43. The fourth-order valence-electron chi connectivity index (χ4n) is 9.06. The molecule has 0 spiro atoms. The highest BCUT2D eigenvalue weighted by Gasteiger charge is 2.36. The second-order valence-corrected chi connectivity index (χ2v) is 15.8. The molecule has 2 nitrogen and oxygen atoms in total. The minimum Gasteiger partial charge on any atom is -0.455 e. The second kappa shape index (κ2) is 13.0. The number of furan rings is 1. The molecule has 0 aliphatic heterocycles. The highest BCUT2D eigenvalue weighted by molar-refractivity contribution is 6.09. The van der Waals surface area contributed by atoms with Gasteiger partial charge < -0.3 is 9.32 Å². The van der Waals surface area contributed by atoms with E-state index in [0.29, 0.717) is 0 Å². The molecule has 0 saturated heterocycles. The van der Waals surface area contributed by atoms with E-state index >= 15 is 0 Å². The molecular weight excluding hydrogens is 691 g/mol. The zero-order valence-electron chi connectivity index (χ0n) is 31.9. The number of hydrogen-bond donors (Lipinski definition) is 0. The summed E-state index contributed by atoms with van der Waals surface area (Å²) in [6.45, 7) is 4.75. The smallest absolute Gasteiger partial charge is 0.143 e. The van der Waals surface area contributed by atoms with E-state index in [4.69, 9.17) is 4.42 Å². The Morgan fingerprint density at radius 2 is 0.930 bits per heavy atom. The van der Waals surface area contributed by atoms with Crippen LogP contribution in [0.3, 0.4) is 0 Å². The van der Waals surface area contributed by atoms with Gasteiger partial charge in [0.25, 0.3) is 0 Å². The molecular formula is C55H39NO. The number of para-hydroxylation sites is 2. The van der Waals surface area contributed by atoms with Crippen molar-refractivity contribution in [1.82, 2.24) is 0 Å². The van der Waals surface area contributed by atoms with Crippen molar-refractivity contribution in [2.24, 2.45) is 0 Å². The van der Waals surface area contributed by atoms with E-state index in [2.05, 4.69) is 207 Å². The molecule has 57 heavy (non-hydrogen) atoms. The molecule has 270 valence electrons. The average molecular weight is 730 g/mol. The lowest BCUT2D eigenvalue weighted by Gasteiger charge is -2.28. The van der Waals surface area contributed by atoms with Crippen molar-refractivity contribution in [3.05, 3.63) is 211 Å². The predicted molar refractivity (Wildman–Crippen MR) is 240 cm³/mol. The van der Waals surface area contributed by atoms with Gasteiger partial charge in [-0.05, 0) is 115 Å². The first-order chi connectivity index (χ1) is 28.0. The van der Waals surface area contributed by atoms with Crippen LogP contribution in [-0.2, 0) is 5.41 Å². The summed E-state index contributed by atoms with van der Waals surface area (Å²) in [6.07, 6.45) is 0. The van der Waals surface area contributed by atoms with Gasteiger partial charge in [0.1, 0.15) is 11.2 Å². The lowest BCUT2D eigenvalue weighted by molar-refractivity contribution is 0.660. The van der Waals surface area contributed by atoms with Crippen LogP contribution in [0.25, 0.3) is 77.2 Å². The molecule has 1 heterocycles. The van der Waals surface area contributed by atoms with Crippen LogP contribution >= 0.6 is 0 Å². The summed E-state index contributed by atoms with van der Waals surface area (Å²) in [7, 11) is 0. The van der Waals surface area contributed by atoms with Crippen molar-refractivity contribution in [3.63, 3.8) is 0 Å². The number of benzene rings is 9. The standard InChI is InChI=1S/C55H39NO/c1-55(2)51-34-42(41-20-19-37-13-6-7-14-40(37)33-41)25-31-47(51)48-32-30-45(35-52(48)55)56(43-26-21-38(22-27-43)36-11-4-3-5-12-36)44-28-23-39(24-29-44)46-16-10-17-50-49-15-8-9-18-53(49)57-54(46)50/h3-35H,1-2H3. The summed E-state index contributed by atoms with van der Waals surface area (Å²) in [4.78, 5) is 2.39. The third-order valence-electron chi connectivity index (χ3n) is 12.1. The molecule has 0 amide bonds.